The number of nitrogens with zero attached hydrogens (tertiary/aromatic N) is 1. The summed E-state index contributed by atoms with van der Waals surface area (Å²) >= 11 is 0. The number of amides is 3. The van der Waals surface area contributed by atoms with Crippen LogP contribution < -0.4 is 16.0 Å². The average Bonchev–Trinajstić information content (AvgIpc) is 3.14. The third-order valence-electron chi connectivity index (χ3n) is 6.88. The number of hydrogen-bond acceptors (Lipinski definition) is 14. The molecule has 0 bridgehead atoms. The Balaban J connectivity index is 1.99. The van der Waals surface area contributed by atoms with Crippen LogP contribution in [0.3, 0.4) is 0 Å². The van der Waals surface area contributed by atoms with Crippen molar-refractivity contribution < 1.29 is 66.1 Å². The fourth-order valence-electron chi connectivity index (χ4n) is 4.24. The minimum atomic E-state index is -1.68. The van der Waals surface area contributed by atoms with E-state index in [1.54, 1.807) is 40.0 Å². The van der Waals surface area contributed by atoms with Gasteiger partial charge in [0.2, 0.25) is 5.91 Å². The normalized spacial score (nSPS) is 11.4. The van der Waals surface area contributed by atoms with Gasteiger partial charge in [-0.2, -0.15) is 0 Å². The molecule has 0 radical (unpaired) electrons. The highest BCUT2D eigenvalue weighted by Gasteiger charge is 2.17. The molecule has 0 atom stereocenters. The molecule has 3 amide bonds. The number of carbonyl (C=O) groups excluding carboxylic acids is 3. The van der Waals surface area contributed by atoms with Crippen molar-refractivity contribution >= 4 is 18.2 Å². The van der Waals surface area contributed by atoms with Crippen LogP contribution >= 0.6 is 0 Å². The number of nitrogens with one attached hydrogen (secondary N) is 3. The van der Waals surface area contributed by atoms with E-state index >= 15 is 0 Å². The highest BCUT2D eigenvalue weighted by molar-refractivity contribution is 5.81. The van der Waals surface area contributed by atoms with Crippen molar-refractivity contribution in [1.29, 1.82) is 0 Å². The summed E-state index contributed by atoms with van der Waals surface area (Å²) in [5.41, 5.74) is 1.17. The Morgan fingerprint density at radius 1 is 0.582 bits per heavy atom. The van der Waals surface area contributed by atoms with Crippen LogP contribution in [0.1, 0.15) is 31.9 Å². The fraction of sp³-hybridized carbons (Fsp3) is 0.757. The molecule has 3 N–H and O–H groups in total. The molecule has 0 aliphatic rings. The third kappa shape index (κ3) is 32.9. The maximum atomic E-state index is 13.7. The maximum absolute atomic E-state index is 13.7. The first-order valence-corrected chi connectivity index (χ1v) is 18.7. The number of halogens is 1. The number of methoxy groups -OCH3 is 1. The summed E-state index contributed by atoms with van der Waals surface area (Å²) in [6.07, 6.45) is -2.15. The Hall–Kier alpha value is -3.04. The van der Waals surface area contributed by atoms with Crippen LogP contribution in [-0.4, -0.2) is 174 Å². The number of benzene rings is 1. The molecule has 0 fully saturated rings. The van der Waals surface area contributed by atoms with E-state index in [2.05, 4.69) is 16.0 Å². The largest absolute Gasteiger partial charge is 0.444 e. The average molecular weight is 793 g/mol. The van der Waals surface area contributed by atoms with Crippen LogP contribution in [0.2, 0.25) is 0 Å². The van der Waals surface area contributed by atoms with Crippen LogP contribution in [0.4, 0.5) is 14.0 Å². The summed E-state index contributed by atoms with van der Waals surface area (Å²) in [5, 5.41) is 8.53. The van der Waals surface area contributed by atoms with Crippen molar-refractivity contribution in [3.63, 3.8) is 0 Å². The lowest BCUT2D eigenvalue weighted by Gasteiger charge is -2.19. The van der Waals surface area contributed by atoms with Gasteiger partial charge in [0.05, 0.1) is 112 Å². The molecular weight excluding hydrogens is 727 g/mol. The third-order valence-corrected chi connectivity index (χ3v) is 6.88. The molecule has 0 aromatic heterocycles. The van der Waals surface area contributed by atoms with E-state index in [-0.39, 0.29) is 19.7 Å². The zero-order valence-corrected chi connectivity index (χ0v) is 33.2. The molecule has 55 heavy (non-hydrogen) atoms. The van der Waals surface area contributed by atoms with E-state index in [0.717, 1.165) is 10.5 Å². The molecule has 1 aromatic rings. The predicted molar refractivity (Wildman–Crippen MR) is 201 cm³/mol. The van der Waals surface area contributed by atoms with E-state index < -0.39 is 30.3 Å². The van der Waals surface area contributed by atoms with E-state index in [9.17, 15) is 18.8 Å². The van der Waals surface area contributed by atoms with Gasteiger partial charge in [0.25, 0.3) is 0 Å². The van der Waals surface area contributed by atoms with Crippen molar-refractivity contribution in [3.8, 4) is 0 Å². The monoisotopic (exact) mass is 792 g/mol. The number of hydrogen-bond donors (Lipinski definition) is 3. The standard InChI is InChI=1S/C37H65FN4O13/c1-37(2,3)55-36(45)41-11-14-49-19-22-53-26-25-51-20-17-47-12-9-39-29-32-5-7-33(8-6-32)30-42(35(38)44)31-34(43)40-10-13-48-18-21-52-27-28-54-24-23-50-16-15-46-4/h5-8,39H,9-31H2,1-4H3,(H,40,43)(H,41,45). The molecule has 318 valence electrons. The van der Waals surface area contributed by atoms with Gasteiger partial charge in [-0.15, -0.1) is 4.39 Å². The first-order chi connectivity index (χ1) is 26.6. The zero-order chi connectivity index (χ0) is 40.2. The second-order valence-corrected chi connectivity index (χ2v) is 12.8. The molecule has 0 spiro atoms. The molecule has 1 rings (SSSR count). The Labute approximate surface area is 325 Å². The minimum Gasteiger partial charge on any atom is -0.444 e. The van der Waals surface area contributed by atoms with Crippen LogP contribution in [-0.2, 0) is 65.3 Å². The van der Waals surface area contributed by atoms with Gasteiger partial charge in [-0.25, -0.2) is 9.59 Å². The SMILES string of the molecule is COCCOCCOCCOCCOCCNC(=O)CN(Cc1ccc(CNCCOCCOCCOCCOCCNC(=O)OC(C)(C)C)cc1)C(=O)F. The molecule has 0 saturated carbocycles. The Morgan fingerprint density at radius 2 is 0.982 bits per heavy atom. The number of alkyl carbamates (subject to hydrolysis) is 1. The molecule has 0 unspecified atom stereocenters. The topological polar surface area (TPSA) is 183 Å². The predicted octanol–water partition coefficient (Wildman–Crippen LogP) is 2.09. The highest BCUT2D eigenvalue weighted by atomic mass is 19.1. The second-order valence-electron chi connectivity index (χ2n) is 12.8. The van der Waals surface area contributed by atoms with E-state index in [0.29, 0.717) is 131 Å². The van der Waals surface area contributed by atoms with E-state index in [1.165, 1.54) is 0 Å². The van der Waals surface area contributed by atoms with Crippen molar-refractivity contribution in [2.75, 3.05) is 146 Å². The minimum absolute atomic E-state index is 0.0397. The van der Waals surface area contributed by atoms with Crippen LogP contribution in [0, 0.1) is 0 Å². The van der Waals surface area contributed by atoms with Crippen molar-refractivity contribution in [3.05, 3.63) is 35.4 Å². The Kier molecular flexibility index (Phi) is 31.1. The number of rotatable bonds is 36. The molecule has 0 saturated heterocycles. The highest BCUT2D eigenvalue weighted by Crippen LogP contribution is 2.09. The van der Waals surface area contributed by atoms with Gasteiger partial charge in [-0.1, -0.05) is 24.3 Å². The summed E-state index contributed by atoms with van der Waals surface area (Å²) < 4.78 is 67.1. The lowest BCUT2D eigenvalue weighted by molar-refractivity contribution is -0.122. The van der Waals surface area contributed by atoms with E-state index in [1.807, 2.05) is 12.1 Å². The first-order valence-electron chi connectivity index (χ1n) is 18.7. The lowest BCUT2D eigenvalue weighted by Crippen LogP contribution is -2.39. The van der Waals surface area contributed by atoms with Gasteiger partial charge < -0.3 is 68.2 Å². The van der Waals surface area contributed by atoms with Gasteiger partial charge in [-0.05, 0) is 31.9 Å². The molecular formula is C37H65FN4O13. The van der Waals surface area contributed by atoms with Gasteiger partial charge in [0.1, 0.15) is 12.1 Å². The molecule has 18 heteroatoms. The van der Waals surface area contributed by atoms with Gasteiger partial charge in [0.15, 0.2) is 0 Å². The molecule has 0 heterocycles. The van der Waals surface area contributed by atoms with E-state index in [4.69, 9.17) is 47.4 Å². The molecule has 1 aromatic carbocycles. The fourth-order valence-corrected chi connectivity index (χ4v) is 4.24. The summed E-state index contributed by atoms with van der Waals surface area (Å²) in [6.45, 7) is 14.2. The second kappa shape index (κ2) is 34.2. The molecule has 17 nitrogen and oxygen atoms in total. The summed E-state index contributed by atoms with van der Waals surface area (Å²) in [6, 6.07) is 7.35. The van der Waals surface area contributed by atoms with Crippen LogP contribution in [0.15, 0.2) is 24.3 Å². The number of ether oxygens (including phenoxy) is 10. The van der Waals surface area contributed by atoms with Gasteiger partial charge in [-0.3, -0.25) is 4.79 Å². The Bertz CT molecular complexity index is 1100. The Morgan fingerprint density at radius 3 is 1.42 bits per heavy atom. The quantitative estimate of drug-likeness (QED) is 0.0510. The summed E-state index contributed by atoms with van der Waals surface area (Å²) in [7, 11) is 1.62. The maximum Gasteiger partial charge on any atom is 0.407 e. The van der Waals surface area contributed by atoms with Gasteiger partial charge >= 0.3 is 12.3 Å². The van der Waals surface area contributed by atoms with Crippen molar-refractivity contribution in [2.24, 2.45) is 0 Å². The first kappa shape index (κ1) is 50.0. The van der Waals surface area contributed by atoms with Crippen molar-refractivity contribution in [1.82, 2.24) is 20.9 Å². The van der Waals surface area contributed by atoms with Gasteiger partial charge in [0, 0.05) is 39.8 Å². The van der Waals surface area contributed by atoms with Crippen molar-refractivity contribution in [2.45, 2.75) is 39.5 Å². The lowest BCUT2D eigenvalue weighted by atomic mass is 10.1. The van der Waals surface area contributed by atoms with Crippen LogP contribution in [0.5, 0.6) is 0 Å². The molecule has 0 aliphatic heterocycles. The summed E-state index contributed by atoms with van der Waals surface area (Å²) in [4.78, 5) is 36.2. The molecule has 0 aliphatic carbocycles. The summed E-state index contributed by atoms with van der Waals surface area (Å²) in [5.74, 6) is -0.487. The zero-order valence-electron chi connectivity index (χ0n) is 33.2. The smallest absolute Gasteiger partial charge is 0.407 e. The van der Waals surface area contributed by atoms with Crippen LogP contribution in [0.25, 0.3) is 0 Å². The number of carbonyl (C=O) groups is 3.